The zero-order valence-electron chi connectivity index (χ0n) is 20.0. The molecule has 0 unspecified atom stereocenters. The highest BCUT2D eigenvalue weighted by atomic mass is 16.6. The fraction of sp³-hybridized carbons (Fsp3) is 0.345. The minimum absolute atomic E-state index is 0.0613. The fourth-order valence-corrected chi connectivity index (χ4v) is 4.50. The minimum Gasteiger partial charge on any atom is -0.489 e. The lowest BCUT2D eigenvalue weighted by Gasteiger charge is -2.32. The summed E-state index contributed by atoms with van der Waals surface area (Å²) in [4.78, 5) is 14.6. The van der Waals surface area contributed by atoms with Crippen LogP contribution in [0.25, 0.3) is 0 Å². The summed E-state index contributed by atoms with van der Waals surface area (Å²) in [6.45, 7) is 6.27. The van der Waals surface area contributed by atoms with E-state index in [1.165, 1.54) is 16.7 Å². The Bertz CT molecular complexity index is 1070. The highest BCUT2D eigenvalue weighted by molar-refractivity contribution is 5.69. The van der Waals surface area contributed by atoms with Crippen molar-refractivity contribution in [3.05, 3.63) is 101 Å². The van der Waals surface area contributed by atoms with E-state index in [2.05, 4.69) is 48.5 Å². The van der Waals surface area contributed by atoms with E-state index in [0.717, 1.165) is 24.2 Å². The number of amides is 1. The second-order valence-corrected chi connectivity index (χ2v) is 9.79. The zero-order chi connectivity index (χ0) is 23.4. The van der Waals surface area contributed by atoms with Crippen molar-refractivity contribution in [2.24, 2.45) is 0 Å². The summed E-state index contributed by atoms with van der Waals surface area (Å²) in [5, 5.41) is 0. The second kappa shape index (κ2) is 9.70. The van der Waals surface area contributed by atoms with Gasteiger partial charge in [0.2, 0.25) is 0 Å². The Morgan fingerprint density at radius 1 is 0.909 bits per heavy atom. The van der Waals surface area contributed by atoms with Crippen molar-refractivity contribution in [2.75, 3.05) is 7.05 Å². The molecule has 4 nitrogen and oxygen atoms in total. The monoisotopic (exact) mass is 443 g/mol. The summed E-state index contributed by atoms with van der Waals surface area (Å²) < 4.78 is 11.6. The number of fused-ring (bicyclic) bond motifs is 1. The Balaban J connectivity index is 1.47. The first-order valence-corrected chi connectivity index (χ1v) is 11.6. The van der Waals surface area contributed by atoms with Crippen LogP contribution in [-0.2, 0) is 24.2 Å². The van der Waals surface area contributed by atoms with Crippen LogP contribution < -0.4 is 4.74 Å². The van der Waals surface area contributed by atoms with Crippen molar-refractivity contribution in [2.45, 2.75) is 57.8 Å². The maximum Gasteiger partial charge on any atom is 0.410 e. The molecule has 0 radical (unpaired) electrons. The predicted octanol–water partition coefficient (Wildman–Crippen LogP) is 6.38. The molecular formula is C29H33NO3. The Morgan fingerprint density at radius 2 is 1.58 bits per heavy atom. The van der Waals surface area contributed by atoms with Gasteiger partial charge in [0.15, 0.2) is 0 Å². The van der Waals surface area contributed by atoms with Gasteiger partial charge in [0.1, 0.15) is 18.0 Å². The SMILES string of the molecule is CN(C(=O)OC(C)(C)C)[C@H]1Cc2ccccc2[C@H]1Cc1ccc(OCc2ccccc2)cc1. The van der Waals surface area contributed by atoms with Crippen molar-refractivity contribution < 1.29 is 14.3 Å². The molecular weight excluding hydrogens is 410 g/mol. The highest BCUT2D eigenvalue weighted by Crippen LogP contribution is 2.38. The topological polar surface area (TPSA) is 38.8 Å². The molecule has 1 aliphatic carbocycles. The summed E-state index contributed by atoms with van der Waals surface area (Å²) in [6, 6.07) is 27.1. The number of carbonyl (C=O) groups is 1. The number of benzene rings is 3. The third kappa shape index (κ3) is 5.75. The summed E-state index contributed by atoms with van der Waals surface area (Å²) in [5.41, 5.74) is 4.50. The molecule has 3 aromatic rings. The van der Waals surface area contributed by atoms with Crippen molar-refractivity contribution in [1.29, 1.82) is 0 Å². The van der Waals surface area contributed by atoms with Gasteiger partial charge in [0, 0.05) is 19.0 Å². The van der Waals surface area contributed by atoms with Gasteiger partial charge < -0.3 is 14.4 Å². The molecule has 172 valence electrons. The second-order valence-electron chi connectivity index (χ2n) is 9.79. The molecule has 0 N–H and O–H groups in total. The first kappa shape index (κ1) is 22.9. The Labute approximate surface area is 197 Å². The standard InChI is InChI=1S/C29H33NO3/c1-29(2,3)33-28(31)30(4)27-19-23-12-8-9-13-25(23)26(27)18-21-14-16-24(17-15-21)32-20-22-10-6-5-7-11-22/h5-17,26-27H,18-20H2,1-4H3/t26-,27+/m1/s1. The normalized spacial score (nSPS) is 17.3. The number of likely N-dealkylation sites (N-methyl/N-ethyl adjacent to an activating group) is 1. The average Bonchev–Trinajstić information content (AvgIpc) is 3.16. The van der Waals surface area contributed by atoms with E-state index in [9.17, 15) is 4.79 Å². The van der Waals surface area contributed by atoms with Gasteiger partial charge >= 0.3 is 6.09 Å². The molecule has 0 aliphatic heterocycles. The molecule has 0 saturated heterocycles. The third-order valence-corrected chi connectivity index (χ3v) is 6.15. The van der Waals surface area contributed by atoms with Crippen LogP contribution in [-0.4, -0.2) is 29.7 Å². The van der Waals surface area contributed by atoms with Crippen molar-refractivity contribution in [1.82, 2.24) is 4.90 Å². The van der Waals surface area contributed by atoms with Crippen LogP contribution in [0.2, 0.25) is 0 Å². The number of hydrogen-bond donors (Lipinski definition) is 0. The first-order valence-electron chi connectivity index (χ1n) is 11.6. The smallest absolute Gasteiger partial charge is 0.410 e. The quantitative estimate of drug-likeness (QED) is 0.443. The molecule has 0 heterocycles. The third-order valence-electron chi connectivity index (χ3n) is 6.15. The van der Waals surface area contributed by atoms with Gasteiger partial charge in [0.25, 0.3) is 0 Å². The number of hydrogen-bond acceptors (Lipinski definition) is 3. The van der Waals surface area contributed by atoms with Gasteiger partial charge in [0.05, 0.1) is 0 Å². The van der Waals surface area contributed by atoms with Crippen molar-refractivity contribution in [3.8, 4) is 5.75 Å². The van der Waals surface area contributed by atoms with Crippen molar-refractivity contribution >= 4 is 6.09 Å². The Kier molecular flexibility index (Phi) is 6.73. The van der Waals surface area contributed by atoms with E-state index in [0.29, 0.717) is 6.61 Å². The van der Waals surface area contributed by atoms with Gasteiger partial charge in [-0.15, -0.1) is 0 Å². The molecule has 0 aromatic heterocycles. The summed E-state index contributed by atoms with van der Waals surface area (Å²) in [6.07, 6.45) is 1.43. The number of carbonyl (C=O) groups excluding carboxylic acids is 1. The molecule has 3 aromatic carbocycles. The maximum absolute atomic E-state index is 12.8. The molecule has 0 bridgehead atoms. The Morgan fingerprint density at radius 3 is 2.27 bits per heavy atom. The van der Waals surface area contributed by atoms with Crippen LogP contribution >= 0.6 is 0 Å². The summed E-state index contributed by atoms with van der Waals surface area (Å²) in [5.74, 6) is 1.08. The molecule has 33 heavy (non-hydrogen) atoms. The largest absolute Gasteiger partial charge is 0.489 e. The van der Waals surface area contributed by atoms with E-state index >= 15 is 0 Å². The van der Waals surface area contributed by atoms with E-state index in [1.54, 1.807) is 4.90 Å². The molecule has 0 spiro atoms. The van der Waals surface area contributed by atoms with Gasteiger partial charge in [-0.05, 0) is 68.0 Å². The number of rotatable bonds is 6. The molecule has 2 atom stereocenters. The van der Waals surface area contributed by atoms with Crippen molar-refractivity contribution in [3.63, 3.8) is 0 Å². The highest BCUT2D eigenvalue weighted by Gasteiger charge is 2.38. The summed E-state index contributed by atoms with van der Waals surface area (Å²) in [7, 11) is 1.86. The predicted molar refractivity (Wildman–Crippen MR) is 132 cm³/mol. The maximum atomic E-state index is 12.8. The van der Waals surface area contributed by atoms with E-state index < -0.39 is 5.60 Å². The zero-order valence-corrected chi connectivity index (χ0v) is 20.0. The first-order chi connectivity index (χ1) is 15.8. The van der Waals surface area contributed by atoms with Gasteiger partial charge in [-0.1, -0.05) is 66.7 Å². The molecule has 1 aliphatic rings. The molecule has 4 heteroatoms. The molecule has 4 rings (SSSR count). The molecule has 0 saturated carbocycles. The van der Waals surface area contributed by atoms with Crippen LogP contribution in [0.1, 0.15) is 48.9 Å². The average molecular weight is 444 g/mol. The fourth-order valence-electron chi connectivity index (χ4n) is 4.50. The van der Waals surface area contributed by atoms with Crippen LogP contribution in [0.15, 0.2) is 78.9 Å². The summed E-state index contributed by atoms with van der Waals surface area (Å²) >= 11 is 0. The van der Waals surface area contributed by atoms with Gasteiger partial charge in [-0.3, -0.25) is 0 Å². The van der Waals surface area contributed by atoms with E-state index in [-0.39, 0.29) is 18.1 Å². The van der Waals surface area contributed by atoms with Crippen LogP contribution in [0.3, 0.4) is 0 Å². The van der Waals surface area contributed by atoms with E-state index in [1.807, 2.05) is 58.2 Å². The van der Waals surface area contributed by atoms with Crippen LogP contribution in [0, 0.1) is 0 Å². The van der Waals surface area contributed by atoms with Gasteiger partial charge in [-0.25, -0.2) is 4.79 Å². The van der Waals surface area contributed by atoms with E-state index in [4.69, 9.17) is 9.47 Å². The molecule has 1 amide bonds. The minimum atomic E-state index is -0.512. The van der Waals surface area contributed by atoms with Gasteiger partial charge in [-0.2, -0.15) is 0 Å². The number of nitrogens with zero attached hydrogens (tertiary/aromatic N) is 1. The number of ether oxygens (including phenoxy) is 2. The lowest BCUT2D eigenvalue weighted by Crippen LogP contribution is -2.43. The van der Waals surface area contributed by atoms with Crippen LogP contribution in [0.5, 0.6) is 5.75 Å². The van der Waals surface area contributed by atoms with Crippen LogP contribution in [0.4, 0.5) is 4.79 Å². The lowest BCUT2D eigenvalue weighted by atomic mass is 9.90. The Hall–Kier alpha value is -3.27. The molecule has 0 fully saturated rings. The lowest BCUT2D eigenvalue weighted by molar-refractivity contribution is 0.0207.